The first-order valence-electron chi connectivity index (χ1n) is 2.97. The van der Waals surface area contributed by atoms with Crippen LogP contribution in [-0.4, -0.2) is 4.90 Å². The second-order valence-electron chi connectivity index (χ2n) is 2.04. The van der Waals surface area contributed by atoms with Gasteiger partial charge < -0.3 is 0 Å². The molecule has 0 aliphatic heterocycles. The highest BCUT2D eigenvalue weighted by Gasteiger charge is 2.32. The van der Waals surface area contributed by atoms with Gasteiger partial charge in [0.25, 0.3) is 8.54 Å². The molecule has 1 atom stereocenters. The third-order valence-electron chi connectivity index (χ3n) is 1.56. The number of hydrogen-bond acceptors (Lipinski definition) is 0. The van der Waals surface area contributed by atoms with Crippen LogP contribution in [0, 0.1) is 0 Å². The fourth-order valence-corrected chi connectivity index (χ4v) is 0.967. The van der Waals surface area contributed by atoms with Gasteiger partial charge in [0.15, 0.2) is 0 Å². The number of halogens is 2. The lowest BCUT2D eigenvalue weighted by atomic mass is 10.2. The normalized spacial score (nSPS) is 12.7. The molecule has 0 saturated heterocycles. The molecule has 0 spiro atoms. The molecule has 0 aliphatic rings. The van der Waals surface area contributed by atoms with E-state index in [0.29, 0.717) is 12.8 Å². The molecule has 0 N–H and O–H groups in total. The Morgan fingerprint density at radius 3 is 1.67 bits per heavy atom. The summed E-state index contributed by atoms with van der Waals surface area (Å²) < 4.78 is 24.3. The van der Waals surface area contributed by atoms with Crippen molar-refractivity contribution in [1.29, 1.82) is 0 Å². The molecule has 0 aromatic carbocycles. The molecular formula is C5H12F2P2. The molecule has 56 valence electrons. The maximum Gasteiger partial charge on any atom is 0.276 e. The van der Waals surface area contributed by atoms with E-state index in [1.165, 1.54) is 0 Å². The monoisotopic (exact) mass is 172 g/mol. The minimum absolute atomic E-state index is 0.548. The fourth-order valence-electron chi connectivity index (χ4n) is 0.489. The lowest BCUT2D eigenvalue weighted by Gasteiger charge is -2.23. The van der Waals surface area contributed by atoms with E-state index in [2.05, 4.69) is 9.24 Å². The summed E-state index contributed by atoms with van der Waals surface area (Å²) in [4.78, 5) is -0.769. The molecule has 0 saturated carbocycles. The minimum Gasteiger partial charge on any atom is -0.188 e. The first-order valence-corrected chi connectivity index (χ1v) is 4.67. The third-order valence-corrected chi connectivity index (χ3v) is 4.27. The van der Waals surface area contributed by atoms with Crippen molar-refractivity contribution in [2.75, 3.05) is 0 Å². The zero-order chi connectivity index (χ0) is 7.49. The van der Waals surface area contributed by atoms with Crippen LogP contribution < -0.4 is 0 Å². The summed E-state index contributed by atoms with van der Waals surface area (Å²) in [6, 6.07) is 0. The summed E-state index contributed by atoms with van der Waals surface area (Å²) in [7, 11) is -0.521. The molecule has 0 aliphatic carbocycles. The van der Waals surface area contributed by atoms with E-state index in [9.17, 15) is 8.39 Å². The average molecular weight is 172 g/mol. The second-order valence-corrected chi connectivity index (χ2v) is 4.99. The van der Waals surface area contributed by atoms with Gasteiger partial charge in [-0.2, -0.15) is 8.39 Å². The van der Waals surface area contributed by atoms with Crippen LogP contribution in [0.2, 0.25) is 0 Å². The Kier molecular flexibility index (Phi) is 4.09. The average Bonchev–Trinajstić information content (AvgIpc) is 1.86. The van der Waals surface area contributed by atoms with Gasteiger partial charge in [-0.1, -0.05) is 13.8 Å². The van der Waals surface area contributed by atoms with Gasteiger partial charge in [-0.25, -0.2) is 0 Å². The number of rotatable bonds is 3. The molecule has 0 radical (unpaired) electrons. The Morgan fingerprint density at radius 2 is 1.67 bits per heavy atom. The zero-order valence-electron chi connectivity index (χ0n) is 5.69. The lowest BCUT2D eigenvalue weighted by Crippen LogP contribution is -2.11. The van der Waals surface area contributed by atoms with Crippen LogP contribution in [0.15, 0.2) is 0 Å². The van der Waals surface area contributed by atoms with E-state index >= 15 is 0 Å². The standard InChI is InChI=1S/C5H12F2P2/c1-3-5(8,4-2)9(6)7/h3-4,8H2,1-2H3. The fraction of sp³-hybridized carbons (Fsp3) is 1.00. The van der Waals surface area contributed by atoms with E-state index in [0.717, 1.165) is 0 Å². The van der Waals surface area contributed by atoms with Crippen molar-refractivity contribution in [2.24, 2.45) is 0 Å². The maximum atomic E-state index is 12.1. The molecule has 0 fully saturated rings. The van der Waals surface area contributed by atoms with Crippen LogP contribution >= 0.6 is 17.8 Å². The second kappa shape index (κ2) is 3.78. The minimum atomic E-state index is -2.78. The van der Waals surface area contributed by atoms with Gasteiger partial charge >= 0.3 is 0 Å². The molecule has 0 rings (SSSR count). The predicted molar refractivity (Wildman–Crippen MR) is 42.2 cm³/mol. The Balaban J connectivity index is 3.92. The Morgan fingerprint density at radius 1 is 1.33 bits per heavy atom. The third kappa shape index (κ3) is 2.43. The molecular weight excluding hydrogens is 160 g/mol. The molecule has 4 heteroatoms. The van der Waals surface area contributed by atoms with Crippen LogP contribution in [0.5, 0.6) is 0 Å². The summed E-state index contributed by atoms with van der Waals surface area (Å²) in [5, 5.41) is 0. The summed E-state index contributed by atoms with van der Waals surface area (Å²) in [6.45, 7) is 3.59. The van der Waals surface area contributed by atoms with Crippen molar-refractivity contribution in [1.82, 2.24) is 0 Å². The molecule has 0 aromatic heterocycles. The highest BCUT2D eigenvalue weighted by molar-refractivity contribution is 7.58. The maximum absolute atomic E-state index is 12.1. The Bertz CT molecular complexity index is 81.0. The summed E-state index contributed by atoms with van der Waals surface area (Å²) in [6.07, 6.45) is 1.10. The van der Waals surface area contributed by atoms with E-state index in [1.54, 1.807) is 13.8 Å². The van der Waals surface area contributed by atoms with Crippen molar-refractivity contribution >= 4 is 17.8 Å². The molecule has 0 bridgehead atoms. The van der Waals surface area contributed by atoms with Gasteiger partial charge in [0.1, 0.15) is 0 Å². The van der Waals surface area contributed by atoms with Crippen LogP contribution in [-0.2, 0) is 0 Å². The van der Waals surface area contributed by atoms with Gasteiger partial charge in [-0.15, -0.1) is 9.24 Å². The molecule has 0 aromatic rings. The molecule has 9 heavy (non-hydrogen) atoms. The van der Waals surface area contributed by atoms with Gasteiger partial charge in [0.2, 0.25) is 0 Å². The van der Waals surface area contributed by atoms with Gasteiger partial charge in [0.05, 0.1) is 4.90 Å². The van der Waals surface area contributed by atoms with Crippen molar-refractivity contribution < 1.29 is 8.39 Å². The lowest BCUT2D eigenvalue weighted by molar-refractivity contribution is 0.625. The number of hydrogen-bond donors (Lipinski definition) is 0. The van der Waals surface area contributed by atoms with Crippen molar-refractivity contribution in [3.63, 3.8) is 0 Å². The summed E-state index contributed by atoms with van der Waals surface area (Å²) in [5.74, 6) is 0. The molecule has 1 unspecified atom stereocenters. The largest absolute Gasteiger partial charge is 0.276 e. The van der Waals surface area contributed by atoms with Gasteiger partial charge in [-0.3, -0.25) is 0 Å². The van der Waals surface area contributed by atoms with E-state index in [-0.39, 0.29) is 0 Å². The highest BCUT2D eigenvalue weighted by atomic mass is 31.2. The Hall–Kier alpha value is 0.720. The Labute approximate surface area is 58.6 Å². The molecule has 0 heterocycles. The van der Waals surface area contributed by atoms with Gasteiger partial charge in [0, 0.05) is 0 Å². The summed E-state index contributed by atoms with van der Waals surface area (Å²) in [5.41, 5.74) is 0. The summed E-state index contributed by atoms with van der Waals surface area (Å²) >= 11 is 0. The SMILES string of the molecule is CCC(P)(CC)P(F)F. The predicted octanol–water partition coefficient (Wildman–Crippen LogP) is 3.63. The van der Waals surface area contributed by atoms with Gasteiger partial charge in [-0.05, 0) is 12.8 Å². The van der Waals surface area contributed by atoms with Crippen molar-refractivity contribution in [3.8, 4) is 0 Å². The van der Waals surface area contributed by atoms with Crippen LogP contribution in [0.4, 0.5) is 8.39 Å². The van der Waals surface area contributed by atoms with Crippen LogP contribution in [0.25, 0.3) is 0 Å². The van der Waals surface area contributed by atoms with Crippen LogP contribution in [0.3, 0.4) is 0 Å². The quantitative estimate of drug-likeness (QED) is 0.570. The van der Waals surface area contributed by atoms with Crippen LogP contribution in [0.1, 0.15) is 26.7 Å². The zero-order valence-corrected chi connectivity index (χ0v) is 7.74. The van der Waals surface area contributed by atoms with E-state index in [4.69, 9.17) is 0 Å². The van der Waals surface area contributed by atoms with E-state index < -0.39 is 13.4 Å². The molecule has 0 nitrogen and oxygen atoms in total. The van der Waals surface area contributed by atoms with Crippen molar-refractivity contribution in [2.45, 2.75) is 31.6 Å². The first kappa shape index (κ1) is 9.72. The highest BCUT2D eigenvalue weighted by Crippen LogP contribution is 2.59. The molecule has 0 amide bonds. The first-order chi connectivity index (χ1) is 4.06. The smallest absolute Gasteiger partial charge is 0.188 e. The van der Waals surface area contributed by atoms with Crippen molar-refractivity contribution in [3.05, 3.63) is 0 Å². The van der Waals surface area contributed by atoms with E-state index in [1.807, 2.05) is 0 Å². The topological polar surface area (TPSA) is 0 Å².